The number of benzene rings is 2. The van der Waals surface area contributed by atoms with Gasteiger partial charge in [-0.05, 0) is 18.2 Å². The summed E-state index contributed by atoms with van der Waals surface area (Å²) in [5.74, 6) is 1.38. The molecule has 0 fully saturated rings. The summed E-state index contributed by atoms with van der Waals surface area (Å²) < 4.78 is 12.6. The van der Waals surface area contributed by atoms with Crippen molar-refractivity contribution < 1.29 is 14.3 Å². The molecule has 0 saturated carbocycles. The number of anilines is 1. The Kier molecular flexibility index (Phi) is 3.80. The highest BCUT2D eigenvalue weighted by Crippen LogP contribution is 2.40. The lowest BCUT2D eigenvalue weighted by atomic mass is 9.86. The Morgan fingerprint density at radius 1 is 1.10 bits per heavy atom. The van der Waals surface area contributed by atoms with Crippen molar-refractivity contribution in [1.29, 1.82) is 0 Å². The molecule has 3 heterocycles. The van der Waals surface area contributed by atoms with E-state index in [1.807, 2.05) is 30.3 Å². The molecule has 0 unspecified atom stereocenters. The minimum atomic E-state index is -0.464. The van der Waals surface area contributed by atoms with E-state index in [9.17, 15) is 9.59 Å². The van der Waals surface area contributed by atoms with Crippen LogP contribution in [0.2, 0.25) is 0 Å². The molecule has 0 saturated heterocycles. The number of amides is 1. The maximum Gasteiger partial charge on any atom is 0.258 e. The van der Waals surface area contributed by atoms with Gasteiger partial charge >= 0.3 is 0 Å². The van der Waals surface area contributed by atoms with E-state index in [0.717, 1.165) is 16.6 Å². The number of nitrogens with one attached hydrogen (secondary N) is 2. The predicted octanol–water partition coefficient (Wildman–Crippen LogP) is 2.67. The Morgan fingerprint density at radius 2 is 1.93 bits per heavy atom. The van der Waals surface area contributed by atoms with Crippen LogP contribution in [0.4, 0.5) is 5.82 Å². The summed E-state index contributed by atoms with van der Waals surface area (Å²) in [5, 5.41) is 2.88. The number of aromatic amines is 1. The summed E-state index contributed by atoms with van der Waals surface area (Å²) in [7, 11) is 3.13. The third kappa shape index (κ3) is 2.56. The highest BCUT2D eigenvalue weighted by molar-refractivity contribution is 5.96. The maximum atomic E-state index is 13.0. The summed E-state index contributed by atoms with van der Waals surface area (Å²) in [6, 6.07) is 12.9. The van der Waals surface area contributed by atoms with Crippen LogP contribution in [0, 0.1) is 0 Å². The van der Waals surface area contributed by atoms with Gasteiger partial charge in [-0.1, -0.05) is 18.2 Å². The third-order valence-electron chi connectivity index (χ3n) is 5.32. The van der Waals surface area contributed by atoms with Gasteiger partial charge in [0.2, 0.25) is 11.7 Å². The lowest BCUT2D eigenvalue weighted by molar-refractivity contribution is -0.116. The van der Waals surface area contributed by atoms with E-state index in [4.69, 9.17) is 9.47 Å². The second-order valence-electron chi connectivity index (χ2n) is 6.89. The first-order chi connectivity index (χ1) is 14.1. The van der Waals surface area contributed by atoms with E-state index in [0.29, 0.717) is 28.7 Å². The van der Waals surface area contributed by atoms with E-state index in [2.05, 4.69) is 15.3 Å². The molecule has 0 spiro atoms. The van der Waals surface area contributed by atoms with Gasteiger partial charge in [0.25, 0.3) is 5.56 Å². The first-order valence-electron chi connectivity index (χ1n) is 9.16. The first-order valence-corrected chi connectivity index (χ1v) is 9.16. The van der Waals surface area contributed by atoms with Gasteiger partial charge in [0.15, 0.2) is 0 Å². The van der Waals surface area contributed by atoms with E-state index in [1.54, 1.807) is 30.8 Å². The average Bonchev–Trinajstić information content (AvgIpc) is 3.10. The SMILES string of the molecule is COc1ccc([C@@H]2CC(=O)Nc3c2c(=O)[nH]c2nc4ccccc4n32)c(OC)c1. The predicted molar refractivity (Wildman–Crippen MR) is 108 cm³/mol. The Morgan fingerprint density at radius 3 is 2.72 bits per heavy atom. The number of methoxy groups -OCH3 is 2. The number of hydrogen-bond donors (Lipinski definition) is 2. The molecule has 2 aromatic carbocycles. The van der Waals surface area contributed by atoms with Crippen molar-refractivity contribution in [2.45, 2.75) is 12.3 Å². The summed E-state index contributed by atoms with van der Waals surface area (Å²) >= 11 is 0. The minimum Gasteiger partial charge on any atom is -0.497 e. The van der Waals surface area contributed by atoms with Crippen molar-refractivity contribution in [1.82, 2.24) is 14.4 Å². The number of hydrogen-bond acceptors (Lipinski definition) is 5. The smallest absolute Gasteiger partial charge is 0.258 e. The number of carbonyl (C=O) groups excluding carboxylic acids is 1. The van der Waals surface area contributed by atoms with Crippen LogP contribution in [-0.4, -0.2) is 34.5 Å². The fraction of sp³-hybridized carbons (Fsp3) is 0.190. The standard InChI is InChI=1S/C21H18N4O4/c1-28-11-7-8-12(16(9-11)29-2)13-10-17(26)23-19-18(13)20(27)24-21-22-14-5-3-4-6-15(14)25(19)21/h3-9,13H,10H2,1-2H3,(H,23,26)(H,22,24,27)/t13-/m0/s1. The number of nitrogens with zero attached hydrogens (tertiary/aromatic N) is 2. The summed E-state index contributed by atoms with van der Waals surface area (Å²) in [6.45, 7) is 0. The number of aromatic nitrogens is 3. The van der Waals surface area contributed by atoms with Crippen molar-refractivity contribution in [2.75, 3.05) is 19.5 Å². The van der Waals surface area contributed by atoms with Crippen LogP contribution in [0.15, 0.2) is 47.3 Å². The van der Waals surface area contributed by atoms with Gasteiger partial charge in [-0.25, -0.2) is 4.98 Å². The van der Waals surface area contributed by atoms with Gasteiger partial charge in [-0.15, -0.1) is 0 Å². The highest BCUT2D eigenvalue weighted by Gasteiger charge is 2.33. The van der Waals surface area contributed by atoms with Gasteiger partial charge in [0.1, 0.15) is 17.3 Å². The lowest BCUT2D eigenvalue weighted by Gasteiger charge is -2.27. The Balaban J connectivity index is 1.82. The molecule has 1 atom stereocenters. The zero-order chi connectivity index (χ0) is 20.1. The minimum absolute atomic E-state index is 0.136. The Hall–Kier alpha value is -3.81. The second kappa shape index (κ2) is 6.37. The Labute approximate surface area is 165 Å². The van der Waals surface area contributed by atoms with Crippen molar-refractivity contribution in [2.24, 2.45) is 0 Å². The molecule has 0 bridgehead atoms. The number of fused-ring (bicyclic) bond motifs is 5. The molecule has 5 rings (SSSR count). The molecule has 0 radical (unpaired) electrons. The van der Waals surface area contributed by atoms with E-state index in [-0.39, 0.29) is 17.9 Å². The molecule has 2 N–H and O–H groups in total. The molecular weight excluding hydrogens is 372 g/mol. The average molecular weight is 390 g/mol. The zero-order valence-corrected chi connectivity index (χ0v) is 15.9. The summed E-state index contributed by atoms with van der Waals surface area (Å²) in [5.41, 5.74) is 2.47. The van der Waals surface area contributed by atoms with Gasteiger partial charge < -0.3 is 14.8 Å². The number of H-pyrrole nitrogens is 1. The van der Waals surface area contributed by atoms with Crippen molar-refractivity contribution in [3.8, 4) is 11.5 Å². The monoisotopic (exact) mass is 390 g/mol. The van der Waals surface area contributed by atoms with Gasteiger partial charge in [-0.2, -0.15) is 0 Å². The third-order valence-corrected chi connectivity index (χ3v) is 5.32. The van der Waals surface area contributed by atoms with Crippen LogP contribution in [0.5, 0.6) is 11.5 Å². The summed E-state index contributed by atoms with van der Waals surface area (Å²) in [4.78, 5) is 33.0. The molecule has 146 valence electrons. The fourth-order valence-electron chi connectivity index (χ4n) is 4.02. The molecule has 0 aliphatic carbocycles. The molecule has 2 aromatic heterocycles. The number of imidazole rings is 1. The number of para-hydroxylation sites is 2. The van der Waals surface area contributed by atoms with E-state index >= 15 is 0 Å². The molecular formula is C21H18N4O4. The van der Waals surface area contributed by atoms with Crippen LogP contribution < -0.4 is 20.3 Å². The summed E-state index contributed by atoms with van der Waals surface area (Å²) in [6.07, 6.45) is 0.136. The normalized spacial score (nSPS) is 15.9. The van der Waals surface area contributed by atoms with Crippen LogP contribution in [0.1, 0.15) is 23.5 Å². The highest BCUT2D eigenvalue weighted by atomic mass is 16.5. The van der Waals surface area contributed by atoms with Gasteiger partial charge in [-0.3, -0.25) is 19.0 Å². The number of rotatable bonds is 3. The number of ether oxygens (including phenoxy) is 2. The van der Waals surface area contributed by atoms with Crippen LogP contribution in [0.25, 0.3) is 16.8 Å². The molecule has 4 aromatic rings. The van der Waals surface area contributed by atoms with Gasteiger partial charge in [0.05, 0.1) is 30.8 Å². The topological polar surface area (TPSA) is 97.7 Å². The second-order valence-corrected chi connectivity index (χ2v) is 6.89. The largest absolute Gasteiger partial charge is 0.497 e. The molecule has 1 aliphatic rings. The van der Waals surface area contributed by atoms with E-state index in [1.165, 1.54) is 0 Å². The molecule has 8 nitrogen and oxygen atoms in total. The Bertz CT molecular complexity index is 1340. The van der Waals surface area contributed by atoms with E-state index < -0.39 is 5.92 Å². The van der Waals surface area contributed by atoms with Crippen LogP contribution in [0.3, 0.4) is 0 Å². The van der Waals surface area contributed by atoms with Gasteiger partial charge in [0, 0.05) is 24.0 Å². The molecule has 8 heteroatoms. The lowest BCUT2D eigenvalue weighted by Crippen LogP contribution is -2.32. The van der Waals surface area contributed by atoms with Crippen molar-refractivity contribution in [3.05, 3.63) is 63.9 Å². The maximum absolute atomic E-state index is 13.0. The first kappa shape index (κ1) is 17.3. The zero-order valence-electron chi connectivity index (χ0n) is 15.9. The van der Waals surface area contributed by atoms with Crippen molar-refractivity contribution >= 4 is 28.5 Å². The quantitative estimate of drug-likeness (QED) is 0.561. The van der Waals surface area contributed by atoms with Crippen molar-refractivity contribution in [3.63, 3.8) is 0 Å². The fourth-order valence-corrected chi connectivity index (χ4v) is 4.02. The molecule has 1 aliphatic heterocycles. The molecule has 29 heavy (non-hydrogen) atoms. The number of carbonyl (C=O) groups is 1. The van der Waals surface area contributed by atoms with Crippen LogP contribution in [-0.2, 0) is 4.79 Å². The molecule has 1 amide bonds. The van der Waals surface area contributed by atoms with Crippen LogP contribution >= 0.6 is 0 Å².